The van der Waals surface area contributed by atoms with Crippen LogP contribution in [0.25, 0.3) is 22.6 Å². The van der Waals surface area contributed by atoms with E-state index < -0.39 is 0 Å². The van der Waals surface area contributed by atoms with Crippen molar-refractivity contribution in [2.45, 2.75) is 31.3 Å². The van der Waals surface area contributed by atoms with E-state index >= 15 is 0 Å². The molecule has 1 aromatic carbocycles. The second-order valence-electron chi connectivity index (χ2n) is 7.77. The van der Waals surface area contributed by atoms with Crippen LogP contribution in [-0.2, 0) is 19.1 Å². The summed E-state index contributed by atoms with van der Waals surface area (Å²) in [5.74, 6) is 1.57. The first kappa shape index (κ1) is 18.5. The number of aryl methyl sites for hydroxylation is 1. The lowest BCUT2D eigenvalue weighted by molar-refractivity contribution is 0.273. The van der Waals surface area contributed by atoms with Gasteiger partial charge >= 0.3 is 0 Å². The minimum atomic E-state index is -0.224. The number of benzene rings is 1. The van der Waals surface area contributed by atoms with E-state index in [4.69, 9.17) is 15.2 Å². The van der Waals surface area contributed by atoms with Gasteiger partial charge < -0.3 is 15.4 Å². The fourth-order valence-corrected chi connectivity index (χ4v) is 4.03. The average molecular weight is 402 g/mol. The molecule has 3 aromatic heterocycles. The van der Waals surface area contributed by atoms with E-state index in [2.05, 4.69) is 39.5 Å². The summed E-state index contributed by atoms with van der Waals surface area (Å²) < 4.78 is 7.25. The molecule has 1 saturated carbocycles. The minimum Gasteiger partial charge on any atom is -0.392 e. The third kappa shape index (κ3) is 2.96. The number of rotatable bonds is 5. The number of hydrogen-bond acceptors (Lipinski definition) is 7. The highest BCUT2D eigenvalue weighted by Gasteiger charge is 2.44. The van der Waals surface area contributed by atoms with Crippen molar-refractivity contribution < 1.29 is 9.63 Å². The molecule has 0 atom stereocenters. The summed E-state index contributed by atoms with van der Waals surface area (Å²) in [7, 11) is 1.86. The summed E-state index contributed by atoms with van der Waals surface area (Å²) in [6.07, 6.45) is 8.40. The van der Waals surface area contributed by atoms with Gasteiger partial charge in [0.25, 0.3) is 5.89 Å². The van der Waals surface area contributed by atoms with Crippen molar-refractivity contribution in [3.05, 3.63) is 65.9 Å². The maximum atomic E-state index is 9.44. The molecule has 152 valence electrons. The Morgan fingerprint density at radius 3 is 2.57 bits per heavy atom. The maximum Gasteiger partial charge on any atom is 0.261 e. The molecule has 1 aliphatic rings. The number of hydrogen-bond donors (Lipinski definition) is 2. The van der Waals surface area contributed by atoms with Crippen LogP contribution in [0.15, 0.2) is 53.4 Å². The molecule has 0 aliphatic heterocycles. The highest BCUT2D eigenvalue weighted by molar-refractivity contribution is 5.66. The van der Waals surface area contributed by atoms with Crippen LogP contribution in [0, 0.1) is 0 Å². The van der Waals surface area contributed by atoms with Gasteiger partial charge in [0, 0.05) is 30.6 Å². The summed E-state index contributed by atoms with van der Waals surface area (Å²) >= 11 is 0. The molecule has 8 nitrogen and oxygen atoms in total. The molecule has 5 rings (SSSR count). The van der Waals surface area contributed by atoms with Crippen LogP contribution in [0.1, 0.15) is 36.2 Å². The zero-order chi connectivity index (χ0) is 20.7. The molecule has 8 heteroatoms. The van der Waals surface area contributed by atoms with Gasteiger partial charge in [-0.15, -0.1) is 0 Å². The largest absolute Gasteiger partial charge is 0.392 e. The lowest BCUT2D eigenvalue weighted by atomic mass is 9.64. The van der Waals surface area contributed by atoms with Crippen molar-refractivity contribution in [3.8, 4) is 22.6 Å². The molecule has 1 fully saturated rings. The van der Waals surface area contributed by atoms with E-state index in [1.807, 2.05) is 19.3 Å². The van der Waals surface area contributed by atoms with Gasteiger partial charge in [0.2, 0.25) is 0 Å². The number of nitrogens with zero attached hydrogens (tertiary/aromatic N) is 5. The van der Waals surface area contributed by atoms with E-state index in [9.17, 15) is 5.11 Å². The first-order chi connectivity index (χ1) is 14.6. The summed E-state index contributed by atoms with van der Waals surface area (Å²) in [4.78, 5) is 8.88. The highest BCUT2D eigenvalue weighted by Crippen LogP contribution is 2.48. The maximum absolute atomic E-state index is 9.44. The normalized spacial score (nSPS) is 15.1. The first-order valence-corrected chi connectivity index (χ1v) is 9.88. The second kappa shape index (κ2) is 7.07. The number of nitrogen functional groups attached to an aromatic ring is 1. The quantitative estimate of drug-likeness (QED) is 0.527. The Morgan fingerprint density at radius 1 is 1.13 bits per heavy atom. The van der Waals surface area contributed by atoms with Gasteiger partial charge in [0.05, 0.1) is 23.8 Å². The van der Waals surface area contributed by atoms with Gasteiger partial charge in [-0.1, -0.05) is 35.8 Å². The van der Waals surface area contributed by atoms with Crippen LogP contribution in [0.2, 0.25) is 0 Å². The second-order valence-corrected chi connectivity index (χ2v) is 7.77. The van der Waals surface area contributed by atoms with Crippen LogP contribution < -0.4 is 5.73 Å². The van der Waals surface area contributed by atoms with Crippen molar-refractivity contribution in [3.63, 3.8) is 0 Å². The molecule has 0 saturated heterocycles. The summed E-state index contributed by atoms with van der Waals surface area (Å²) in [5, 5.41) is 17.9. The molecule has 30 heavy (non-hydrogen) atoms. The molecule has 0 bridgehead atoms. The van der Waals surface area contributed by atoms with Gasteiger partial charge in [-0.2, -0.15) is 10.1 Å². The van der Waals surface area contributed by atoms with Crippen LogP contribution >= 0.6 is 0 Å². The summed E-state index contributed by atoms with van der Waals surface area (Å²) in [5.41, 5.74) is 10.1. The zero-order valence-electron chi connectivity index (χ0n) is 16.6. The predicted molar refractivity (Wildman–Crippen MR) is 111 cm³/mol. The Bertz CT molecular complexity index is 1190. The number of nitrogens with two attached hydrogens (primary N) is 1. The zero-order valence-corrected chi connectivity index (χ0v) is 16.6. The van der Waals surface area contributed by atoms with Crippen LogP contribution in [0.4, 0.5) is 5.82 Å². The molecule has 0 spiro atoms. The van der Waals surface area contributed by atoms with Gasteiger partial charge in [-0.05, 0) is 30.0 Å². The fourth-order valence-electron chi connectivity index (χ4n) is 4.03. The third-order valence-electron chi connectivity index (χ3n) is 5.96. The van der Waals surface area contributed by atoms with Crippen molar-refractivity contribution in [1.29, 1.82) is 0 Å². The number of anilines is 1. The lowest BCUT2D eigenvalue weighted by Crippen LogP contribution is -2.36. The van der Waals surface area contributed by atoms with Crippen LogP contribution in [-0.4, -0.2) is 30.0 Å². The first-order valence-electron chi connectivity index (χ1n) is 9.88. The number of pyridine rings is 1. The van der Waals surface area contributed by atoms with Crippen molar-refractivity contribution in [2.75, 3.05) is 5.73 Å². The Labute approximate surface area is 173 Å². The summed E-state index contributed by atoms with van der Waals surface area (Å²) in [6.45, 7) is -0.134. The van der Waals surface area contributed by atoms with Crippen molar-refractivity contribution >= 4 is 5.82 Å². The van der Waals surface area contributed by atoms with E-state index in [-0.39, 0.29) is 12.0 Å². The molecular formula is C22H22N6O2. The number of aliphatic hydroxyl groups is 1. The van der Waals surface area contributed by atoms with Crippen LogP contribution in [0.5, 0.6) is 0 Å². The Hall–Kier alpha value is -3.52. The standard InChI is InChI=1S/C22H22N6O2/c1-28-12-17(11-25-28)20-26-21(27-30-20)22(7-2-8-22)18-5-3-14(4-6-18)15-9-16(13-29)19(23)24-10-15/h3-6,9-12,29H,2,7-8,13H2,1H3,(H2,23,24). The SMILES string of the molecule is Cn1cc(-c2nc(C3(c4ccc(-c5cnc(N)c(CO)c5)cc4)CCC3)no2)cn1. The Kier molecular flexibility index (Phi) is 4.36. The van der Waals surface area contributed by atoms with Gasteiger partial charge in [0.1, 0.15) is 5.82 Å². The smallest absolute Gasteiger partial charge is 0.261 e. The predicted octanol–water partition coefficient (Wildman–Crippen LogP) is 3.08. The third-order valence-corrected chi connectivity index (χ3v) is 5.96. The number of aromatic nitrogens is 5. The molecule has 3 N–H and O–H groups in total. The topological polar surface area (TPSA) is 116 Å². The molecular weight excluding hydrogens is 380 g/mol. The highest BCUT2D eigenvalue weighted by atomic mass is 16.5. The molecule has 0 unspecified atom stereocenters. The minimum absolute atomic E-state index is 0.134. The van der Waals surface area contributed by atoms with E-state index in [1.165, 1.54) is 5.56 Å². The molecule has 0 radical (unpaired) electrons. The Morgan fingerprint density at radius 2 is 1.93 bits per heavy atom. The molecule has 3 heterocycles. The molecule has 4 aromatic rings. The molecule has 1 aliphatic carbocycles. The number of aliphatic hydroxyl groups excluding tert-OH is 1. The van der Waals surface area contributed by atoms with Crippen molar-refractivity contribution in [2.24, 2.45) is 7.05 Å². The van der Waals surface area contributed by atoms with Crippen LogP contribution in [0.3, 0.4) is 0 Å². The van der Waals surface area contributed by atoms with E-state index in [1.54, 1.807) is 17.1 Å². The lowest BCUT2D eigenvalue weighted by Gasteiger charge is -2.39. The van der Waals surface area contributed by atoms with E-state index in [0.29, 0.717) is 17.3 Å². The average Bonchev–Trinajstić information content (AvgIpc) is 3.38. The van der Waals surface area contributed by atoms with Crippen molar-refractivity contribution in [1.82, 2.24) is 24.9 Å². The van der Waals surface area contributed by atoms with Gasteiger partial charge in [0.15, 0.2) is 5.82 Å². The Balaban J connectivity index is 1.46. The monoisotopic (exact) mass is 402 g/mol. The molecule has 0 amide bonds. The van der Waals surface area contributed by atoms with Gasteiger partial charge in [-0.25, -0.2) is 4.98 Å². The van der Waals surface area contributed by atoms with Gasteiger partial charge in [-0.3, -0.25) is 4.68 Å². The fraction of sp³-hybridized carbons (Fsp3) is 0.273. The van der Waals surface area contributed by atoms with E-state index in [0.717, 1.165) is 41.8 Å². The summed E-state index contributed by atoms with van der Waals surface area (Å²) in [6, 6.07) is 10.2.